The fourth-order valence-electron chi connectivity index (χ4n) is 2.08. The summed E-state index contributed by atoms with van der Waals surface area (Å²) in [7, 11) is 2.04. The van der Waals surface area contributed by atoms with Crippen LogP contribution in [0.5, 0.6) is 0 Å². The molecule has 1 aliphatic heterocycles. The maximum Gasteiger partial charge on any atom is 0.144 e. The van der Waals surface area contributed by atoms with Crippen molar-refractivity contribution in [1.82, 2.24) is 10.2 Å². The maximum atomic E-state index is 13.7. The van der Waals surface area contributed by atoms with Crippen molar-refractivity contribution in [1.29, 1.82) is 0 Å². The van der Waals surface area contributed by atoms with Gasteiger partial charge in [-0.05, 0) is 48.1 Å². The molecule has 0 spiro atoms. The van der Waals surface area contributed by atoms with E-state index < -0.39 is 11.6 Å². The van der Waals surface area contributed by atoms with E-state index in [-0.39, 0.29) is 12.1 Å². The minimum atomic E-state index is -0.510. The highest BCUT2D eigenvalue weighted by atomic mass is 79.9. The molecular formula is C12H15BrF2N2. The molecule has 1 saturated heterocycles. The number of rotatable bonds is 3. The van der Waals surface area contributed by atoms with E-state index in [4.69, 9.17) is 0 Å². The Morgan fingerprint density at radius 2 is 2.24 bits per heavy atom. The Balaban J connectivity index is 2.01. The van der Waals surface area contributed by atoms with E-state index in [0.717, 1.165) is 19.5 Å². The lowest BCUT2D eigenvalue weighted by atomic mass is 10.1. The number of hydrogen-bond donors (Lipinski definition) is 1. The van der Waals surface area contributed by atoms with Crippen LogP contribution < -0.4 is 5.32 Å². The summed E-state index contributed by atoms with van der Waals surface area (Å²) in [5.41, 5.74) is 0.105. The van der Waals surface area contributed by atoms with Gasteiger partial charge >= 0.3 is 0 Å². The van der Waals surface area contributed by atoms with Gasteiger partial charge in [0.25, 0.3) is 0 Å². The van der Waals surface area contributed by atoms with Gasteiger partial charge < -0.3 is 10.2 Å². The zero-order chi connectivity index (χ0) is 12.4. The van der Waals surface area contributed by atoms with Crippen LogP contribution >= 0.6 is 15.9 Å². The van der Waals surface area contributed by atoms with Gasteiger partial charge in [-0.3, -0.25) is 0 Å². The largest absolute Gasteiger partial charge is 0.308 e. The Labute approximate surface area is 108 Å². The average molecular weight is 305 g/mol. The van der Waals surface area contributed by atoms with Crippen molar-refractivity contribution < 1.29 is 8.78 Å². The van der Waals surface area contributed by atoms with Gasteiger partial charge in [-0.1, -0.05) is 0 Å². The predicted octanol–water partition coefficient (Wildman–Crippen LogP) is 2.52. The molecule has 17 heavy (non-hydrogen) atoms. The van der Waals surface area contributed by atoms with Crippen LogP contribution in [-0.4, -0.2) is 31.1 Å². The number of benzene rings is 1. The first kappa shape index (κ1) is 12.9. The second kappa shape index (κ2) is 5.42. The zero-order valence-electron chi connectivity index (χ0n) is 9.64. The Morgan fingerprint density at radius 3 is 2.88 bits per heavy atom. The van der Waals surface area contributed by atoms with E-state index in [1.807, 2.05) is 7.05 Å². The van der Waals surface area contributed by atoms with Crippen LogP contribution in [0.25, 0.3) is 0 Å². The third-order valence-corrected chi connectivity index (χ3v) is 3.71. The molecular weight excluding hydrogens is 290 g/mol. The molecule has 0 radical (unpaired) electrons. The van der Waals surface area contributed by atoms with E-state index >= 15 is 0 Å². The molecule has 2 nitrogen and oxygen atoms in total. The molecule has 94 valence electrons. The Kier molecular flexibility index (Phi) is 4.12. The highest BCUT2D eigenvalue weighted by Crippen LogP contribution is 2.21. The summed E-state index contributed by atoms with van der Waals surface area (Å²) in [6.45, 7) is 2.19. The van der Waals surface area contributed by atoms with Crippen molar-refractivity contribution in [3.05, 3.63) is 33.8 Å². The van der Waals surface area contributed by atoms with Gasteiger partial charge in [-0.15, -0.1) is 0 Å². The molecule has 1 fully saturated rings. The van der Waals surface area contributed by atoms with Crippen molar-refractivity contribution in [3.63, 3.8) is 0 Å². The van der Waals surface area contributed by atoms with Crippen LogP contribution in [-0.2, 0) is 6.54 Å². The summed E-state index contributed by atoms with van der Waals surface area (Å²) in [5, 5.41) is 3.19. The van der Waals surface area contributed by atoms with E-state index in [0.29, 0.717) is 10.5 Å². The third kappa shape index (κ3) is 3.03. The lowest BCUT2D eigenvalue weighted by molar-refractivity contribution is 0.395. The molecule has 1 aromatic rings. The first-order valence-corrected chi connectivity index (χ1v) is 6.41. The van der Waals surface area contributed by atoms with Crippen LogP contribution in [0.1, 0.15) is 12.0 Å². The summed E-state index contributed by atoms with van der Waals surface area (Å²) < 4.78 is 27.5. The molecule has 5 heteroatoms. The van der Waals surface area contributed by atoms with Gasteiger partial charge in [0, 0.05) is 24.7 Å². The Hall–Kier alpha value is -0.520. The summed E-state index contributed by atoms with van der Waals surface area (Å²) in [6, 6.07) is 2.99. The van der Waals surface area contributed by atoms with E-state index in [9.17, 15) is 8.78 Å². The molecule has 0 bridgehead atoms. The van der Waals surface area contributed by atoms with Crippen LogP contribution in [0.2, 0.25) is 0 Å². The average Bonchev–Trinajstić information content (AvgIpc) is 2.70. The fourth-order valence-corrected chi connectivity index (χ4v) is 2.45. The van der Waals surface area contributed by atoms with Crippen molar-refractivity contribution in [2.45, 2.75) is 19.0 Å². The zero-order valence-corrected chi connectivity index (χ0v) is 11.2. The lowest BCUT2D eigenvalue weighted by Gasteiger charge is -2.14. The molecule has 0 aromatic heterocycles. The summed E-state index contributed by atoms with van der Waals surface area (Å²) in [6.07, 6.45) is 1.02. The fraction of sp³-hybridized carbons (Fsp3) is 0.500. The number of nitrogens with zero attached hydrogens (tertiary/aromatic N) is 1. The molecule has 1 aliphatic rings. The molecule has 1 aromatic carbocycles. The molecule has 0 saturated carbocycles. The second-order valence-electron chi connectivity index (χ2n) is 4.45. The topological polar surface area (TPSA) is 15.3 Å². The number of halogens is 3. The smallest absolute Gasteiger partial charge is 0.144 e. The van der Waals surface area contributed by atoms with Crippen molar-refractivity contribution in [2.24, 2.45) is 0 Å². The molecule has 1 heterocycles. The number of likely N-dealkylation sites (tertiary alicyclic amines) is 1. The molecule has 1 atom stereocenters. The number of likely N-dealkylation sites (N-methyl/N-ethyl adjacent to an activating group) is 1. The first-order valence-electron chi connectivity index (χ1n) is 5.62. The van der Waals surface area contributed by atoms with Gasteiger partial charge in [-0.25, -0.2) is 8.78 Å². The van der Waals surface area contributed by atoms with Crippen LogP contribution in [0.3, 0.4) is 0 Å². The van der Waals surface area contributed by atoms with Crippen LogP contribution in [0, 0.1) is 11.6 Å². The standard InChI is InChI=1S/C12H15BrF2N2/c1-17-5-4-8(7-17)16-6-9-11(14)3-2-10(13)12(9)15/h2-3,8,16H,4-7H2,1H3. The Morgan fingerprint density at radius 1 is 1.47 bits per heavy atom. The minimum absolute atomic E-state index is 0.105. The van der Waals surface area contributed by atoms with Crippen LogP contribution in [0.15, 0.2) is 16.6 Å². The Bertz CT molecular complexity index is 412. The summed E-state index contributed by atoms with van der Waals surface area (Å²) in [5.74, 6) is -1.01. The van der Waals surface area contributed by atoms with Gasteiger partial charge in [-0.2, -0.15) is 0 Å². The second-order valence-corrected chi connectivity index (χ2v) is 5.30. The molecule has 0 amide bonds. The highest BCUT2D eigenvalue weighted by Gasteiger charge is 2.20. The van der Waals surface area contributed by atoms with Gasteiger partial charge in [0.1, 0.15) is 11.6 Å². The van der Waals surface area contributed by atoms with Gasteiger partial charge in [0.15, 0.2) is 0 Å². The van der Waals surface area contributed by atoms with Gasteiger partial charge in [0.05, 0.1) is 4.47 Å². The number of hydrogen-bond acceptors (Lipinski definition) is 2. The normalized spacial score (nSPS) is 21.1. The lowest BCUT2D eigenvalue weighted by Crippen LogP contribution is -2.31. The third-order valence-electron chi connectivity index (χ3n) is 3.10. The van der Waals surface area contributed by atoms with Crippen molar-refractivity contribution in [2.75, 3.05) is 20.1 Å². The molecule has 1 unspecified atom stereocenters. The minimum Gasteiger partial charge on any atom is -0.308 e. The molecule has 2 rings (SSSR count). The maximum absolute atomic E-state index is 13.7. The van der Waals surface area contributed by atoms with Gasteiger partial charge in [0.2, 0.25) is 0 Å². The van der Waals surface area contributed by atoms with Crippen molar-refractivity contribution in [3.8, 4) is 0 Å². The van der Waals surface area contributed by atoms with Crippen LogP contribution in [0.4, 0.5) is 8.78 Å². The quantitative estimate of drug-likeness (QED) is 0.863. The SMILES string of the molecule is CN1CCC(NCc2c(F)ccc(Br)c2F)C1. The summed E-state index contributed by atoms with van der Waals surface area (Å²) >= 11 is 3.07. The summed E-state index contributed by atoms with van der Waals surface area (Å²) in [4.78, 5) is 2.20. The van der Waals surface area contributed by atoms with E-state index in [1.165, 1.54) is 12.1 Å². The number of nitrogens with one attached hydrogen (secondary N) is 1. The molecule has 1 N–H and O–H groups in total. The monoisotopic (exact) mass is 304 g/mol. The molecule has 0 aliphatic carbocycles. The highest BCUT2D eigenvalue weighted by molar-refractivity contribution is 9.10. The predicted molar refractivity (Wildman–Crippen MR) is 66.8 cm³/mol. The van der Waals surface area contributed by atoms with E-state index in [2.05, 4.69) is 26.1 Å². The van der Waals surface area contributed by atoms with E-state index in [1.54, 1.807) is 0 Å². The first-order chi connectivity index (χ1) is 8.08. The van der Waals surface area contributed by atoms with Crippen molar-refractivity contribution >= 4 is 15.9 Å².